The molecule has 2 aromatic heterocycles. The van der Waals surface area contributed by atoms with Crippen LogP contribution >= 0.6 is 0 Å². The molecule has 0 bridgehead atoms. The van der Waals surface area contributed by atoms with Crippen molar-refractivity contribution in [3.8, 4) is 5.75 Å². The Bertz CT molecular complexity index is 904. The van der Waals surface area contributed by atoms with Gasteiger partial charge in [-0.3, -0.25) is 4.79 Å². The third-order valence-electron chi connectivity index (χ3n) is 4.90. The molecule has 6 nitrogen and oxygen atoms in total. The van der Waals surface area contributed by atoms with Gasteiger partial charge in [0.2, 0.25) is 5.91 Å². The molecule has 0 radical (unpaired) electrons. The summed E-state index contributed by atoms with van der Waals surface area (Å²) >= 11 is 0. The van der Waals surface area contributed by atoms with Crippen LogP contribution in [-0.2, 0) is 11.4 Å². The van der Waals surface area contributed by atoms with Crippen LogP contribution in [0.3, 0.4) is 0 Å². The number of amides is 1. The number of fused-ring (bicyclic) bond motifs is 1. The van der Waals surface area contributed by atoms with Crippen LogP contribution in [0.2, 0.25) is 0 Å². The third-order valence-corrected chi connectivity index (χ3v) is 4.90. The second-order valence-electron chi connectivity index (χ2n) is 7.08. The maximum absolute atomic E-state index is 12.5. The number of aromatic nitrogens is 2. The van der Waals surface area contributed by atoms with Gasteiger partial charge in [0.25, 0.3) is 0 Å². The van der Waals surface area contributed by atoms with Gasteiger partial charge in [-0.1, -0.05) is 12.1 Å². The number of piperidine rings is 1. The molecule has 2 N–H and O–H groups in total. The lowest BCUT2D eigenvalue weighted by atomic mass is 9.92. The molecule has 3 heterocycles. The fourth-order valence-electron chi connectivity index (χ4n) is 3.49. The Morgan fingerprint density at radius 2 is 2.26 bits per heavy atom. The predicted octanol–water partition coefficient (Wildman–Crippen LogP) is 3.24. The first-order valence-corrected chi connectivity index (χ1v) is 9.37. The smallest absolute Gasteiger partial charge is 0.227 e. The van der Waals surface area contributed by atoms with Crippen molar-refractivity contribution in [3.63, 3.8) is 0 Å². The van der Waals surface area contributed by atoms with Crippen LogP contribution in [0.15, 0.2) is 54.9 Å². The van der Waals surface area contributed by atoms with E-state index in [2.05, 4.69) is 22.5 Å². The quantitative estimate of drug-likeness (QED) is 0.729. The first-order valence-electron chi connectivity index (χ1n) is 9.37. The molecule has 0 unspecified atom stereocenters. The van der Waals surface area contributed by atoms with Crippen LogP contribution in [0, 0.1) is 5.92 Å². The number of nitrogens with one attached hydrogen (secondary N) is 2. The van der Waals surface area contributed by atoms with E-state index in [9.17, 15) is 4.79 Å². The fraction of sp³-hybridized carbons (Fsp3) is 0.333. The zero-order valence-corrected chi connectivity index (χ0v) is 15.4. The van der Waals surface area contributed by atoms with Gasteiger partial charge in [-0.15, -0.1) is 0 Å². The van der Waals surface area contributed by atoms with E-state index in [1.807, 2.05) is 59.3 Å². The molecule has 0 spiro atoms. The minimum Gasteiger partial charge on any atom is -0.487 e. The van der Waals surface area contributed by atoms with Gasteiger partial charge in [0.05, 0.1) is 5.69 Å². The Labute approximate surface area is 158 Å². The number of imidazole rings is 1. The maximum atomic E-state index is 12.5. The van der Waals surface area contributed by atoms with Gasteiger partial charge in [-0.2, -0.15) is 0 Å². The predicted molar refractivity (Wildman–Crippen MR) is 105 cm³/mol. The van der Waals surface area contributed by atoms with E-state index in [0.717, 1.165) is 36.4 Å². The minimum absolute atomic E-state index is 0.0591. The average Bonchev–Trinajstić information content (AvgIpc) is 3.10. The standard InChI is InChI=1S/C21H24N4O2/c1-15-11-16(8-9-22-15)21(26)24-17-5-4-6-19(12-17)27-14-18-13-25-10-3-2-7-20(25)23-18/h2-7,10,12-13,15-16,22H,8-9,11,14H2,1H3,(H,24,26)/t15-,16-/m0/s1. The van der Waals surface area contributed by atoms with Crippen molar-refractivity contribution in [1.29, 1.82) is 0 Å². The highest BCUT2D eigenvalue weighted by atomic mass is 16.5. The molecular formula is C21H24N4O2. The summed E-state index contributed by atoms with van der Waals surface area (Å²) in [6, 6.07) is 13.8. The molecule has 27 heavy (non-hydrogen) atoms. The molecule has 0 aliphatic carbocycles. The lowest BCUT2D eigenvalue weighted by Gasteiger charge is -2.27. The lowest BCUT2D eigenvalue weighted by Crippen LogP contribution is -2.40. The highest BCUT2D eigenvalue weighted by Crippen LogP contribution is 2.22. The van der Waals surface area contributed by atoms with Crippen molar-refractivity contribution < 1.29 is 9.53 Å². The highest BCUT2D eigenvalue weighted by molar-refractivity contribution is 5.92. The summed E-state index contributed by atoms with van der Waals surface area (Å²) in [7, 11) is 0. The van der Waals surface area contributed by atoms with Gasteiger partial charge in [-0.05, 0) is 50.6 Å². The van der Waals surface area contributed by atoms with Crippen LogP contribution < -0.4 is 15.4 Å². The van der Waals surface area contributed by atoms with E-state index in [4.69, 9.17) is 4.74 Å². The number of hydrogen-bond acceptors (Lipinski definition) is 4. The lowest BCUT2D eigenvalue weighted by molar-refractivity contribution is -0.120. The summed E-state index contributed by atoms with van der Waals surface area (Å²) in [5.41, 5.74) is 2.52. The van der Waals surface area contributed by atoms with Crippen molar-refractivity contribution in [2.24, 2.45) is 5.92 Å². The Hall–Kier alpha value is -2.86. The van der Waals surface area contributed by atoms with Crippen LogP contribution in [-0.4, -0.2) is 27.9 Å². The molecule has 0 saturated carbocycles. The maximum Gasteiger partial charge on any atom is 0.227 e. The number of pyridine rings is 1. The van der Waals surface area contributed by atoms with E-state index < -0.39 is 0 Å². The molecule has 1 aromatic carbocycles. The molecule has 3 aromatic rings. The molecule has 6 heteroatoms. The number of benzene rings is 1. The highest BCUT2D eigenvalue weighted by Gasteiger charge is 2.24. The SMILES string of the molecule is C[C@H]1C[C@@H](C(=O)Nc2cccc(OCc3cn4ccccc4n3)c2)CCN1. The first-order chi connectivity index (χ1) is 13.2. The Morgan fingerprint density at radius 3 is 3.11 bits per heavy atom. The van der Waals surface area contributed by atoms with Gasteiger partial charge < -0.3 is 19.8 Å². The number of hydrogen-bond donors (Lipinski definition) is 2. The number of carbonyl (C=O) groups is 1. The zero-order chi connectivity index (χ0) is 18.6. The molecule has 1 fully saturated rings. The molecule has 2 atom stereocenters. The molecule has 4 rings (SSSR count). The summed E-state index contributed by atoms with van der Waals surface area (Å²) < 4.78 is 7.84. The molecule has 1 aliphatic rings. The van der Waals surface area contributed by atoms with Crippen LogP contribution in [0.25, 0.3) is 5.65 Å². The topological polar surface area (TPSA) is 67.7 Å². The Balaban J connectivity index is 1.37. The number of anilines is 1. The van der Waals surface area contributed by atoms with E-state index in [1.165, 1.54) is 0 Å². The molecule has 1 saturated heterocycles. The van der Waals surface area contributed by atoms with Crippen LogP contribution in [0.5, 0.6) is 5.75 Å². The van der Waals surface area contributed by atoms with Crippen LogP contribution in [0.1, 0.15) is 25.5 Å². The zero-order valence-electron chi connectivity index (χ0n) is 15.4. The van der Waals surface area contributed by atoms with Crippen molar-refractivity contribution in [2.75, 3.05) is 11.9 Å². The van der Waals surface area contributed by atoms with E-state index in [-0.39, 0.29) is 11.8 Å². The largest absolute Gasteiger partial charge is 0.487 e. The summed E-state index contributed by atoms with van der Waals surface area (Å²) in [5.74, 6) is 0.855. The summed E-state index contributed by atoms with van der Waals surface area (Å²) in [6.07, 6.45) is 5.67. The van der Waals surface area contributed by atoms with E-state index >= 15 is 0 Å². The van der Waals surface area contributed by atoms with Gasteiger partial charge in [-0.25, -0.2) is 4.98 Å². The van der Waals surface area contributed by atoms with Gasteiger partial charge in [0.15, 0.2) is 0 Å². The Kier molecular flexibility index (Phi) is 5.07. The van der Waals surface area contributed by atoms with E-state index in [1.54, 1.807) is 0 Å². The number of ether oxygens (including phenoxy) is 1. The molecule has 1 amide bonds. The van der Waals surface area contributed by atoms with Gasteiger partial charge in [0.1, 0.15) is 18.0 Å². The minimum atomic E-state index is 0.0591. The number of nitrogens with zero attached hydrogens (tertiary/aromatic N) is 2. The summed E-state index contributed by atoms with van der Waals surface area (Å²) in [6.45, 7) is 3.39. The van der Waals surface area contributed by atoms with Crippen molar-refractivity contribution >= 4 is 17.2 Å². The van der Waals surface area contributed by atoms with Crippen molar-refractivity contribution in [2.45, 2.75) is 32.4 Å². The second kappa shape index (κ2) is 7.80. The number of rotatable bonds is 5. The first kappa shape index (κ1) is 17.5. The van der Waals surface area contributed by atoms with Crippen molar-refractivity contribution in [3.05, 3.63) is 60.6 Å². The number of carbonyl (C=O) groups excluding carboxylic acids is 1. The molecular weight excluding hydrogens is 340 g/mol. The fourth-order valence-corrected chi connectivity index (χ4v) is 3.49. The van der Waals surface area contributed by atoms with Gasteiger partial charge in [0, 0.05) is 36.1 Å². The van der Waals surface area contributed by atoms with Gasteiger partial charge >= 0.3 is 0 Å². The summed E-state index contributed by atoms with van der Waals surface area (Å²) in [5, 5.41) is 6.40. The van der Waals surface area contributed by atoms with Crippen LogP contribution in [0.4, 0.5) is 5.69 Å². The molecule has 140 valence electrons. The monoisotopic (exact) mass is 364 g/mol. The van der Waals surface area contributed by atoms with Crippen molar-refractivity contribution in [1.82, 2.24) is 14.7 Å². The summed E-state index contributed by atoms with van der Waals surface area (Å²) in [4.78, 5) is 17.0. The normalized spacial score (nSPS) is 19.7. The second-order valence-corrected chi connectivity index (χ2v) is 7.08. The molecule has 1 aliphatic heterocycles. The third kappa shape index (κ3) is 4.28. The Morgan fingerprint density at radius 1 is 1.33 bits per heavy atom. The average molecular weight is 364 g/mol. The van der Waals surface area contributed by atoms with E-state index in [0.29, 0.717) is 18.4 Å².